The van der Waals surface area contributed by atoms with Crippen molar-refractivity contribution in [1.82, 2.24) is 0 Å². The Morgan fingerprint density at radius 2 is 1.30 bits per heavy atom. The molecule has 1 aromatic carbocycles. The topological polar surface area (TPSA) is 0 Å². The molecule has 0 spiro atoms. The molecule has 140 valence electrons. The third-order valence-corrected chi connectivity index (χ3v) is 7.86. The molecule has 0 radical (unpaired) electrons. The van der Waals surface area contributed by atoms with Crippen LogP contribution in [0.3, 0.4) is 0 Å². The molecule has 0 saturated heterocycles. The van der Waals surface area contributed by atoms with Crippen LogP contribution in [0.2, 0.25) is 0 Å². The van der Waals surface area contributed by atoms with Crippen molar-refractivity contribution < 1.29 is 0 Å². The van der Waals surface area contributed by atoms with E-state index in [-0.39, 0.29) is 0 Å². The van der Waals surface area contributed by atoms with Crippen molar-refractivity contribution in [3.05, 3.63) is 84.0 Å². The molecule has 5 rings (SSSR count). The van der Waals surface area contributed by atoms with Gasteiger partial charge in [-0.05, 0) is 77.7 Å². The van der Waals surface area contributed by atoms with Crippen LogP contribution in [0.25, 0.3) is 0 Å². The van der Waals surface area contributed by atoms with Crippen LogP contribution in [0.5, 0.6) is 0 Å². The Morgan fingerprint density at radius 1 is 0.704 bits per heavy atom. The van der Waals surface area contributed by atoms with Crippen LogP contribution in [0.4, 0.5) is 0 Å². The molecule has 6 unspecified atom stereocenters. The van der Waals surface area contributed by atoms with Crippen molar-refractivity contribution >= 4 is 0 Å². The average Bonchev–Trinajstić information content (AvgIpc) is 3.29. The first kappa shape index (κ1) is 17.3. The summed E-state index contributed by atoms with van der Waals surface area (Å²) >= 11 is 0. The van der Waals surface area contributed by atoms with Gasteiger partial charge in [0.15, 0.2) is 0 Å². The van der Waals surface area contributed by atoms with Gasteiger partial charge in [0.05, 0.1) is 0 Å². The average molecular weight is 357 g/mol. The van der Waals surface area contributed by atoms with Crippen LogP contribution < -0.4 is 0 Å². The molecule has 0 aliphatic heterocycles. The van der Waals surface area contributed by atoms with Crippen molar-refractivity contribution in [1.29, 1.82) is 0 Å². The Kier molecular flexibility index (Phi) is 4.46. The van der Waals surface area contributed by atoms with Gasteiger partial charge in [-0.15, -0.1) is 0 Å². The molecular formula is C27H32. The van der Waals surface area contributed by atoms with E-state index < -0.39 is 0 Å². The fraction of sp³-hybridized carbons (Fsp3) is 0.481. The monoisotopic (exact) mass is 356 g/mol. The molecule has 2 saturated carbocycles. The van der Waals surface area contributed by atoms with E-state index in [0.717, 1.165) is 35.5 Å². The third kappa shape index (κ3) is 2.98. The van der Waals surface area contributed by atoms with E-state index in [1.807, 2.05) is 0 Å². The van der Waals surface area contributed by atoms with E-state index in [2.05, 4.69) is 86.7 Å². The molecule has 6 atom stereocenters. The van der Waals surface area contributed by atoms with Gasteiger partial charge in [-0.2, -0.15) is 0 Å². The Morgan fingerprint density at radius 3 is 1.96 bits per heavy atom. The van der Waals surface area contributed by atoms with Crippen LogP contribution in [-0.2, 0) is 0 Å². The molecular weight excluding hydrogens is 324 g/mol. The smallest absolute Gasteiger partial charge is 0.00594 e. The van der Waals surface area contributed by atoms with Gasteiger partial charge in [-0.3, -0.25) is 0 Å². The predicted molar refractivity (Wildman–Crippen MR) is 115 cm³/mol. The molecule has 1 aromatic rings. The number of hydrogen-bond acceptors (Lipinski definition) is 0. The largest absolute Gasteiger partial charge is 0.0808 e. The lowest BCUT2D eigenvalue weighted by Crippen LogP contribution is -2.20. The normalized spacial score (nSPS) is 39.1. The zero-order valence-corrected chi connectivity index (χ0v) is 16.7. The van der Waals surface area contributed by atoms with Gasteiger partial charge in [-0.1, -0.05) is 86.7 Å². The summed E-state index contributed by atoms with van der Waals surface area (Å²) in [7, 11) is 0. The van der Waals surface area contributed by atoms with Gasteiger partial charge in [-0.25, -0.2) is 0 Å². The maximum atomic E-state index is 2.51. The standard InChI is InChI=1S/C27H32/c1-18(2)26-17-21-11-5-6-13-24(21)27(26)25-14-8-7-12-23(25)22-15-19-9-3-4-10-20(19)16-22/h3-14,18-22,24,26-27H,15-17H2,1-2H3. The maximum absolute atomic E-state index is 2.51. The quantitative estimate of drug-likeness (QED) is 0.545. The van der Waals surface area contributed by atoms with E-state index in [4.69, 9.17) is 0 Å². The van der Waals surface area contributed by atoms with Crippen molar-refractivity contribution in [3.63, 3.8) is 0 Å². The fourth-order valence-corrected chi connectivity index (χ4v) is 6.56. The molecule has 0 aromatic heterocycles. The first-order valence-corrected chi connectivity index (χ1v) is 11.0. The van der Waals surface area contributed by atoms with E-state index in [9.17, 15) is 0 Å². The van der Waals surface area contributed by atoms with Crippen LogP contribution in [0.15, 0.2) is 72.9 Å². The summed E-state index contributed by atoms with van der Waals surface area (Å²) in [5, 5.41) is 0. The van der Waals surface area contributed by atoms with Crippen LogP contribution >= 0.6 is 0 Å². The van der Waals surface area contributed by atoms with Crippen LogP contribution in [0.1, 0.15) is 56.1 Å². The van der Waals surface area contributed by atoms with Crippen molar-refractivity contribution in [2.75, 3.05) is 0 Å². The molecule has 0 bridgehead atoms. The van der Waals surface area contributed by atoms with Gasteiger partial charge in [0, 0.05) is 0 Å². The zero-order chi connectivity index (χ0) is 18.4. The van der Waals surface area contributed by atoms with Gasteiger partial charge in [0.2, 0.25) is 0 Å². The summed E-state index contributed by atoms with van der Waals surface area (Å²) in [5.41, 5.74) is 3.33. The highest BCUT2D eigenvalue weighted by atomic mass is 14.5. The first-order valence-electron chi connectivity index (χ1n) is 11.0. The second-order valence-corrected chi connectivity index (χ2v) is 9.58. The number of allylic oxidation sites excluding steroid dienone is 8. The molecule has 2 fully saturated rings. The van der Waals surface area contributed by atoms with E-state index >= 15 is 0 Å². The number of benzene rings is 1. The Balaban J connectivity index is 1.52. The molecule has 4 aliphatic carbocycles. The van der Waals surface area contributed by atoms with Gasteiger partial charge in [0.1, 0.15) is 0 Å². The third-order valence-electron chi connectivity index (χ3n) is 7.86. The maximum Gasteiger partial charge on any atom is -0.00594 e. The molecule has 0 amide bonds. The second-order valence-electron chi connectivity index (χ2n) is 9.58. The minimum atomic E-state index is 0.682. The Labute approximate surface area is 164 Å². The summed E-state index contributed by atoms with van der Waals surface area (Å²) in [6.45, 7) is 4.87. The number of fused-ring (bicyclic) bond motifs is 2. The lowest BCUT2D eigenvalue weighted by molar-refractivity contribution is 0.341. The highest BCUT2D eigenvalue weighted by molar-refractivity contribution is 5.39. The fourth-order valence-electron chi connectivity index (χ4n) is 6.56. The highest BCUT2D eigenvalue weighted by Gasteiger charge is 2.45. The second kappa shape index (κ2) is 6.97. The Hall–Kier alpha value is -1.82. The van der Waals surface area contributed by atoms with Crippen molar-refractivity contribution in [2.24, 2.45) is 35.5 Å². The predicted octanol–water partition coefficient (Wildman–Crippen LogP) is 7.04. The van der Waals surface area contributed by atoms with Gasteiger partial charge < -0.3 is 0 Å². The van der Waals surface area contributed by atoms with Gasteiger partial charge >= 0.3 is 0 Å². The lowest BCUT2D eigenvalue weighted by atomic mass is 9.73. The van der Waals surface area contributed by atoms with E-state index in [0.29, 0.717) is 11.8 Å². The summed E-state index contributed by atoms with van der Waals surface area (Å²) < 4.78 is 0. The van der Waals surface area contributed by atoms with Gasteiger partial charge in [0.25, 0.3) is 0 Å². The minimum Gasteiger partial charge on any atom is -0.0808 e. The van der Waals surface area contributed by atoms with Crippen molar-refractivity contribution in [2.45, 2.75) is 44.9 Å². The first-order chi connectivity index (χ1) is 13.2. The molecule has 0 heteroatoms. The number of rotatable bonds is 3. The molecule has 27 heavy (non-hydrogen) atoms. The van der Waals surface area contributed by atoms with Crippen molar-refractivity contribution in [3.8, 4) is 0 Å². The minimum absolute atomic E-state index is 0.682. The molecule has 0 nitrogen and oxygen atoms in total. The summed E-state index contributed by atoms with van der Waals surface area (Å²) in [6.07, 6.45) is 23.0. The molecule has 0 N–H and O–H groups in total. The molecule has 0 heterocycles. The van der Waals surface area contributed by atoms with E-state index in [1.54, 1.807) is 11.1 Å². The Bertz CT molecular complexity index is 785. The SMILES string of the molecule is CC(C)C1CC2C=CC=CC2C1c1ccccc1C1CC2C=CC=CC2C1. The van der Waals surface area contributed by atoms with Crippen LogP contribution in [0, 0.1) is 35.5 Å². The lowest BCUT2D eigenvalue weighted by Gasteiger charge is -2.31. The molecule has 4 aliphatic rings. The summed E-state index contributed by atoms with van der Waals surface area (Å²) in [6, 6.07) is 9.49. The van der Waals surface area contributed by atoms with Crippen LogP contribution in [-0.4, -0.2) is 0 Å². The summed E-state index contributed by atoms with van der Waals surface area (Å²) in [5.74, 6) is 5.86. The summed E-state index contributed by atoms with van der Waals surface area (Å²) in [4.78, 5) is 0. The number of hydrogen-bond donors (Lipinski definition) is 0. The van der Waals surface area contributed by atoms with E-state index in [1.165, 1.54) is 19.3 Å². The zero-order valence-electron chi connectivity index (χ0n) is 16.7. The highest BCUT2D eigenvalue weighted by Crippen LogP contribution is 2.55.